The van der Waals surface area contributed by atoms with Crippen LogP contribution in [0.1, 0.15) is 26.5 Å². The second-order valence-electron chi connectivity index (χ2n) is 5.02. The average molecular weight is 255 g/mol. The smallest absolute Gasteiger partial charge is 0.352 e. The Kier molecular flexibility index (Phi) is 4.18. The predicted octanol–water partition coefficient (Wildman–Crippen LogP) is 1.34. The fourth-order valence-corrected chi connectivity index (χ4v) is 1.37. The fourth-order valence-electron chi connectivity index (χ4n) is 1.37. The molecule has 1 unspecified atom stereocenters. The summed E-state index contributed by atoms with van der Waals surface area (Å²) in [7, 11) is 1.30. The number of nitro groups is 1. The van der Waals surface area contributed by atoms with Crippen LogP contribution in [0.3, 0.4) is 0 Å². The summed E-state index contributed by atoms with van der Waals surface area (Å²) in [4.78, 5) is 18.0. The fraction of sp³-hybridized carbons (Fsp3) is 0.636. The van der Waals surface area contributed by atoms with Crippen LogP contribution in [0, 0.1) is 15.5 Å². The van der Waals surface area contributed by atoms with Crippen molar-refractivity contribution in [3.8, 4) is 5.88 Å². The Hall–Kier alpha value is -1.76. The van der Waals surface area contributed by atoms with Crippen LogP contribution in [0.15, 0.2) is 6.33 Å². The number of hydrogen-bond acceptors (Lipinski definition) is 6. The summed E-state index contributed by atoms with van der Waals surface area (Å²) in [6.45, 7) is 5.55. The lowest BCUT2D eigenvalue weighted by molar-refractivity contribution is -0.387. The zero-order chi connectivity index (χ0) is 13.9. The van der Waals surface area contributed by atoms with E-state index in [1.54, 1.807) is 0 Å². The van der Waals surface area contributed by atoms with Crippen LogP contribution in [-0.4, -0.2) is 33.2 Å². The number of aliphatic hydroxyl groups excluding tert-OH is 1. The van der Waals surface area contributed by atoms with E-state index in [-0.39, 0.29) is 29.1 Å². The second-order valence-corrected chi connectivity index (χ2v) is 5.02. The lowest BCUT2D eigenvalue weighted by atomic mass is 9.86. The number of methoxy groups -OCH3 is 1. The van der Waals surface area contributed by atoms with Crippen LogP contribution < -0.4 is 4.74 Å². The van der Waals surface area contributed by atoms with Crippen molar-refractivity contribution in [1.29, 1.82) is 0 Å². The van der Waals surface area contributed by atoms with Crippen molar-refractivity contribution in [2.45, 2.75) is 33.3 Å². The number of ether oxygens (including phenoxy) is 1. The highest BCUT2D eigenvalue weighted by Crippen LogP contribution is 2.30. The number of aromatic nitrogens is 2. The summed E-state index contributed by atoms with van der Waals surface area (Å²) in [5, 5.41) is 21.0. The molecule has 0 spiro atoms. The highest BCUT2D eigenvalue weighted by Gasteiger charge is 2.29. The first-order chi connectivity index (χ1) is 8.27. The van der Waals surface area contributed by atoms with Gasteiger partial charge in [-0.3, -0.25) is 10.1 Å². The molecule has 1 heterocycles. The van der Waals surface area contributed by atoms with Gasteiger partial charge in [0.15, 0.2) is 0 Å². The van der Waals surface area contributed by atoms with E-state index in [2.05, 4.69) is 9.97 Å². The first kappa shape index (κ1) is 14.3. The Bertz CT molecular complexity index is 442. The third kappa shape index (κ3) is 3.13. The van der Waals surface area contributed by atoms with Gasteiger partial charge in [-0.2, -0.15) is 4.98 Å². The summed E-state index contributed by atoms with van der Waals surface area (Å²) >= 11 is 0. The Morgan fingerprint density at radius 1 is 1.50 bits per heavy atom. The molecule has 7 heteroatoms. The molecule has 1 aromatic heterocycles. The molecule has 1 N–H and O–H groups in total. The lowest BCUT2D eigenvalue weighted by Gasteiger charge is -2.25. The van der Waals surface area contributed by atoms with Crippen LogP contribution in [0.25, 0.3) is 0 Å². The van der Waals surface area contributed by atoms with Crippen molar-refractivity contribution in [2.75, 3.05) is 7.11 Å². The molecule has 0 saturated heterocycles. The molecule has 0 aliphatic carbocycles. The van der Waals surface area contributed by atoms with Crippen LogP contribution in [0.4, 0.5) is 5.69 Å². The van der Waals surface area contributed by atoms with Crippen molar-refractivity contribution in [2.24, 2.45) is 5.41 Å². The first-order valence-corrected chi connectivity index (χ1v) is 5.47. The van der Waals surface area contributed by atoms with Crippen molar-refractivity contribution < 1.29 is 14.8 Å². The van der Waals surface area contributed by atoms with E-state index in [9.17, 15) is 15.2 Å². The molecule has 1 aromatic rings. The third-order valence-corrected chi connectivity index (χ3v) is 2.63. The highest BCUT2D eigenvalue weighted by atomic mass is 16.6. The maximum absolute atomic E-state index is 11.0. The van der Waals surface area contributed by atoms with E-state index in [0.717, 1.165) is 0 Å². The molecule has 7 nitrogen and oxygen atoms in total. The van der Waals surface area contributed by atoms with Gasteiger partial charge >= 0.3 is 5.69 Å². The van der Waals surface area contributed by atoms with Gasteiger partial charge in [-0.15, -0.1) is 0 Å². The SMILES string of the molecule is COc1ncnc(CC(O)C(C)(C)C)c1[N+](=O)[O-]. The van der Waals surface area contributed by atoms with E-state index in [1.807, 2.05) is 20.8 Å². The van der Waals surface area contributed by atoms with Crippen molar-refractivity contribution >= 4 is 5.69 Å². The molecule has 1 rings (SSSR count). The molecular weight excluding hydrogens is 238 g/mol. The summed E-state index contributed by atoms with van der Waals surface area (Å²) in [5.41, 5.74) is -0.496. The zero-order valence-electron chi connectivity index (χ0n) is 10.9. The van der Waals surface area contributed by atoms with E-state index in [0.29, 0.717) is 0 Å². The van der Waals surface area contributed by atoms with Gasteiger partial charge in [-0.1, -0.05) is 20.8 Å². The lowest BCUT2D eigenvalue weighted by Crippen LogP contribution is -2.28. The standard InChI is InChI=1S/C11H17N3O4/c1-11(2,3)8(15)5-7-9(14(16)17)10(18-4)13-6-12-7/h6,8,15H,5H2,1-4H3. The molecule has 0 aliphatic rings. The van der Waals surface area contributed by atoms with E-state index in [1.165, 1.54) is 13.4 Å². The third-order valence-electron chi connectivity index (χ3n) is 2.63. The van der Waals surface area contributed by atoms with Gasteiger partial charge in [0.2, 0.25) is 0 Å². The normalized spacial score (nSPS) is 13.2. The largest absolute Gasteiger partial charge is 0.476 e. The Labute approximate surface area is 105 Å². The molecule has 0 bridgehead atoms. The van der Waals surface area contributed by atoms with Crippen molar-refractivity contribution in [3.05, 3.63) is 22.1 Å². The highest BCUT2D eigenvalue weighted by molar-refractivity contribution is 5.44. The Morgan fingerprint density at radius 2 is 2.11 bits per heavy atom. The van der Waals surface area contributed by atoms with Crippen molar-refractivity contribution in [3.63, 3.8) is 0 Å². The monoisotopic (exact) mass is 255 g/mol. The molecule has 0 amide bonds. The quantitative estimate of drug-likeness (QED) is 0.644. The second kappa shape index (κ2) is 5.26. The minimum atomic E-state index is -0.740. The maximum atomic E-state index is 11.0. The molecule has 0 saturated carbocycles. The number of rotatable bonds is 4. The van der Waals surface area contributed by atoms with Gasteiger partial charge in [0.1, 0.15) is 12.0 Å². The minimum Gasteiger partial charge on any atom is -0.476 e. The number of nitrogens with zero attached hydrogens (tertiary/aromatic N) is 3. The molecule has 1 atom stereocenters. The first-order valence-electron chi connectivity index (χ1n) is 5.47. The van der Waals surface area contributed by atoms with Gasteiger partial charge in [0.25, 0.3) is 5.88 Å². The Balaban J connectivity index is 3.13. The molecule has 18 heavy (non-hydrogen) atoms. The van der Waals surface area contributed by atoms with Crippen LogP contribution in [-0.2, 0) is 6.42 Å². The van der Waals surface area contributed by atoms with Gasteiger partial charge in [-0.25, -0.2) is 4.98 Å². The zero-order valence-corrected chi connectivity index (χ0v) is 10.9. The van der Waals surface area contributed by atoms with E-state index >= 15 is 0 Å². The van der Waals surface area contributed by atoms with E-state index < -0.39 is 11.0 Å². The van der Waals surface area contributed by atoms with Crippen LogP contribution in [0.2, 0.25) is 0 Å². The molecular formula is C11H17N3O4. The number of aliphatic hydroxyl groups is 1. The van der Waals surface area contributed by atoms with E-state index in [4.69, 9.17) is 4.74 Å². The topological polar surface area (TPSA) is 98.4 Å². The average Bonchev–Trinajstić information content (AvgIpc) is 2.26. The van der Waals surface area contributed by atoms with Gasteiger partial charge in [0, 0.05) is 6.42 Å². The van der Waals surface area contributed by atoms with Gasteiger partial charge in [-0.05, 0) is 5.41 Å². The molecule has 0 fully saturated rings. The summed E-state index contributed by atoms with van der Waals surface area (Å²) < 4.78 is 4.84. The molecule has 0 aliphatic heterocycles. The summed E-state index contributed by atoms with van der Waals surface area (Å²) in [6.07, 6.45) is 0.533. The van der Waals surface area contributed by atoms with Crippen LogP contribution >= 0.6 is 0 Å². The van der Waals surface area contributed by atoms with Gasteiger partial charge < -0.3 is 9.84 Å². The van der Waals surface area contributed by atoms with Crippen molar-refractivity contribution in [1.82, 2.24) is 9.97 Å². The molecule has 100 valence electrons. The summed E-state index contributed by atoms with van der Waals surface area (Å²) in [6, 6.07) is 0. The maximum Gasteiger partial charge on any atom is 0.352 e. The molecule has 0 aromatic carbocycles. The Morgan fingerprint density at radius 3 is 2.56 bits per heavy atom. The minimum absolute atomic E-state index is 0.0820. The molecule has 0 radical (unpaired) electrons. The predicted molar refractivity (Wildman–Crippen MR) is 64.4 cm³/mol. The van der Waals surface area contributed by atoms with Gasteiger partial charge in [0.05, 0.1) is 18.1 Å². The van der Waals surface area contributed by atoms with Crippen LogP contribution in [0.5, 0.6) is 5.88 Å². The summed E-state index contributed by atoms with van der Waals surface area (Å²) in [5.74, 6) is -0.0916. The number of hydrogen-bond donors (Lipinski definition) is 1.